The highest BCUT2D eigenvalue weighted by Crippen LogP contribution is 2.66. The Kier molecular flexibility index (Phi) is 2.82. The summed E-state index contributed by atoms with van der Waals surface area (Å²) in [5, 5.41) is 12.0. The van der Waals surface area contributed by atoms with Gasteiger partial charge in [-0.05, 0) is 36.2 Å². The van der Waals surface area contributed by atoms with Gasteiger partial charge in [0.05, 0.1) is 5.69 Å². The van der Waals surface area contributed by atoms with E-state index in [1.807, 2.05) is 6.20 Å². The molecule has 1 fully saturated rings. The van der Waals surface area contributed by atoms with Gasteiger partial charge >= 0.3 is 0 Å². The van der Waals surface area contributed by atoms with Crippen LogP contribution in [0, 0.1) is 5.41 Å². The molecule has 0 aliphatic heterocycles. The van der Waals surface area contributed by atoms with Gasteiger partial charge in [-0.3, -0.25) is 0 Å². The van der Waals surface area contributed by atoms with Crippen LogP contribution in [0.4, 0.5) is 5.95 Å². The molecule has 1 aromatic heterocycles. The molecule has 1 aromatic rings. The van der Waals surface area contributed by atoms with E-state index in [0.29, 0.717) is 11.9 Å². The molecule has 0 amide bonds. The molecule has 2 aliphatic rings. The molecular formula is C15H23N3O. The number of fused-ring (bicyclic) bond motifs is 5. The van der Waals surface area contributed by atoms with Crippen LogP contribution in [0.2, 0.25) is 0 Å². The summed E-state index contributed by atoms with van der Waals surface area (Å²) in [6, 6.07) is 0. The molecule has 1 saturated carbocycles. The fraction of sp³-hybridized carbons (Fsp3) is 0.733. The molecule has 2 aliphatic carbocycles. The molecule has 4 heteroatoms. The summed E-state index contributed by atoms with van der Waals surface area (Å²) in [6.45, 7) is 8.00. The second-order valence-electron chi connectivity index (χ2n) is 6.65. The molecule has 2 atom stereocenters. The number of nitrogens with one attached hydrogen (secondary N) is 1. The number of nitrogens with zero attached hydrogens (tertiary/aromatic N) is 2. The Morgan fingerprint density at radius 3 is 2.95 bits per heavy atom. The maximum atomic E-state index is 8.81. The number of hydrogen-bond donors (Lipinski definition) is 2. The average molecular weight is 261 g/mol. The zero-order valence-electron chi connectivity index (χ0n) is 12.0. The SMILES string of the molecule is CC12CCC(c3cnc(NCCCO)nc31)C2(C)C. The Hall–Kier alpha value is -1.16. The Balaban J connectivity index is 1.92. The summed E-state index contributed by atoms with van der Waals surface area (Å²) in [7, 11) is 0. The summed E-state index contributed by atoms with van der Waals surface area (Å²) in [6.07, 6.45) is 5.23. The van der Waals surface area contributed by atoms with E-state index in [1.165, 1.54) is 24.1 Å². The Labute approximate surface area is 114 Å². The van der Waals surface area contributed by atoms with Crippen LogP contribution in [-0.4, -0.2) is 28.2 Å². The van der Waals surface area contributed by atoms with E-state index in [9.17, 15) is 0 Å². The average Bonchev–Trinajstić information content (AvgIpc) is 2.71. The molecule has 0 spiro atoms. The van der Waals surface area contributed by atoms with Crippen molar-refractivity contribution in [1.82, 2.24) is 9.97 Å². The molecule has 0 radical (unpaired) electrons. The quantitative estimate of drug-likeness (QED) is 0.817. The molecular weight excluding hydrogens is 238 g/mol. The summed E-state index contributed by atoms with van der Waals surface area (Å²) < 4.78 is 0. The first-order valence-electron chi connectivity index (χ1n) is 7.23. The number of aliphatic hydroxyl groups excluding tert-OH is 1. The molecule has 19 heavy (non-hydrogen) atoms. The Morgan fingerprint density at radius 2 is 2.21 bits per heavy atom. The number of aromatic nitrogens is 2. The van der Waals surface area contributed by atoms with Crippen molar-refractivity contribution in [3.05, 3.63) is 17.5 Å². The number of anilines is 1. The highest BCUT2D eigenvalue weighted by atomic mass is 16.3. The topological polar surface area (TPSA) is 58.0 Å². The standard InChI is InChI=1S/C15H23N3O/c1-14(2)11-5-6-15(14,3)12-10(11)9-17-13(18-12)16-7-4-8-19/h9,11,19H,4-8H2,1-3H3,(H,16,17,18). The highest BCUT2D eigenvalue weighted by Gasteiger charge is 2.60. The summed E-state index contributed by atoms with van der Waals surface area (Å²) >= 11 is 0. The van der Waals surface area contributed by atoms with Crippen LogP contribution in [0.15, 0.2) is 6.20 Å². The van der Waals surface area contributed by atoms with Crippen molar-refractivity contribution in [3.63, 3.8) is 0 Å². The lowest BCUT2D eigenvalue weighted by atomic mass is 9.70. The van der Waals surface area contributed by atoms with E-state index in [2.05, 4.69) is 31.1 Å². The molecule has 104 valence electrons. The zero-order valence-corrected chi connectivity index (χ0v) is 12.0. The van der Waals surface area contributed by atoms with Gasteiger partial charge < -0.3 is 10.4 Å². The third kappa shape index (κ3) is 1.62. The minimum Gasteiger partial charge on any atom is -0.396 e. The van der Waals surface area contributed by atoms with E-state index in [4.69, 9.17) is 10.1 Å². The van der Waals surface area contributed by atoms with Crippen molar-refractivity contribution in [1.29, 1.82) is 0 Å². The second kappa shape index (κ2) is 4.17. The van der Waals surface area contributed by atoms with E-state index < -0.39 is 0 Å². The van der Waals surface area contributed by atoms with Gasteiger partial charge in [-0.25, -0.2) is 9.97 Å². The van der Waals surface area contributed by atoms with Crippen LogP contribution in [0.3, 0.4) is 0 Å². The minimum absolute atomic E-state index is 0.184. The molecule has 0 saturated heterocycles. The van der Waals surface area contributed by atoms with Crippen LogP contribution < -0.4 is 5.32 Å². The van der Waals surface area contributed by atoms with Gasteiger partial charge in [-0.1, -0.05) is 20.8 Å². The molecule has 2 bridgehead atoms. The first kappa shape index (κ1) is 12.9. The molecule has 0 aromatic carbocycles. The first-order chi connectivity index (χ1) is 9.00. The number of aliphatic hydroxyl groups is 1. The van der Waals surface area contributed by atoms with Gasteiger partial charge in [0.1, 0.15) is 0 Å². The van der Waals surface area contributed by atoms with Gasteiger partial charge in [0.15, 0.2) is 0 Å². The maximum Gasteiger partial charge on any atom is 0.222 e. The zero-order chi connectivity index (χ0) is 13.7. The van der Waals surface area contributed by atoms with Crippen LogP contribution in [0.25, 0.3) is 0 Å². The first-order valence-corrected chi connectivity index (χ1v) is 7.23. The fourth-order valence-corrected chi connectivity index (χ4v) is 3.92. The molecule has 2 unspecified atom stereocenters. The lowest BCUT2D eigenvalue weighted by Gasteiger charge is -2.34. The summed E-state index contributed by atoms with van der Waals surface area (Å²) in [5.41, 5.74) is 3.07. The van der Waals surface area contributed by atoms with Crippen LogP contribution in [-0.2, 0) is 5.41 Å². The maximum absolute atomic E-state index is 8.81. The minimum atomic E-state index is 0.184. The third-order valence-corrected chi connectivity index (χ3v) is 5.56. The molecule has 1 heterocycles. The third-order valence-electron chi connectivity index (χ3n) is 5.56. The van der Waals surface area contributed by atoms with Gasteiger partial charge in [0.25, 0.3) is 0 Å². The normalized spacial score (nSPS) is 30.4. The van der Waals surface area contributed by atoms with Crippen LogP contribution >= 0.6 is 0 Å². The van der Waals surface area contributed by atoms with Gasteiger partial charge in [0, 0.05) is 24.8 Å². The number of hydrogen-bond acceptors (Lipinski definition) is 4. The van der Waals surface area contributed by atoms with Crippen LogP contribution in [0.1, 0.15) is 57.2 Å². The van der Waals surface area contributed by atoms with Gasteiger partial charge in [-0.2, -0.15) is 0 Å². The Bertz CT molecular complexity index is 500. The van der Waals surface area contributed by atoms with Gasteiger partial charge in [-0.15, -0.1) is 0 Å². The van der Waals surface area contributed by atoms with Crippen molar-refractivity contribution >= 4 is 5.95 Å². The summed E-state index contributed by atoms with van der Waals surface area (Å²) in [5.74, 6) is 1.32. The van der Waals surface area contributed by atoms with Crippen molar-refractivity contribution in [2.75, 3.05) is 18.5 Å². The van der Waals surface area contributed by atoms with Gasteiger partial charge in [0.2, 0.25) is 5.95 Å². The Morgan fingerprint density at radius 1 is 1.42 bits per heavy atom. The predicted octanol–water partition coefficient (Wildman–Crippen LogP) is 2.45. The lowest BCUT2D eigenvalue weighted by Crippen LogP contribution is -2.32. The molecule has 2 N–H and O–H groups in total. The molecule has 4 nitrogen and oxygen atoms in total. The van der Waals surface area contributed by atoms with Crippen molar-refractivity contribution in [2.45, 2.75) is 51.4 Å². The van der Waals surface area contributed by atoms with Crippen molar-refractivity contribution in [2.24, 2.45) is 5.41 Å². The predicted molar refractivity (Wildman–Crippen MR) is 75.3 cm³/mol. The number of rotatable bonds is 4. The van der Waals surface area contributed by atoms with E-state index in [-0.39, 0.29) is 17.4 Å². The highest BCUT2D eigenvalue weighted by molar-refractivity contribution is 5.46. The van der Waals surface area contributed by atoms with Crippen molar-refractivity contribution in [3.8, 4) is 0 Å². The molecule has 3 rings (SSSR count). The van der Waals surface area contributed by atoms with E-state index in [1.54, 1.807) is 0 Å². The summed E-state index contributed by atoms with van der Waals surface area (Å²) in [4.78, 5) is 9.21. The fourth-order valence-electron chi connectivity index (χ4n) is 3.92. The van der Waals surface area contributed by atoms with E-state index in [0.717, 1.165) is 13.0 Å². The monoisotopic (exact) mass is 261 g/mol. The van der Waals surface area contributed by atoms with Crippen molar-refractivity contribution < 1.29 is 5.11 Å². The second-order valence-corrected chi connectivity index (χ2v) is 6.65. The largest absolute Gasteiger partial charge is 0.396 e. The smallest absolute Gasteiger partial charge is 0.222 e. The van der Waals surface area contributed by atoms with Crippen LogP contribution in [0.5, 0.6) is 0 Å². The van der Waals surface area contributed by atoms with E-state index >= 15 is 0 Å². The lowest BCUT2D eigenvalue weighted by molar-refractivity contribution is 0.227.